The Labute approximate surface area is 119 Å². The molecule has 0 unspecified atom stereocenters. The lowest BCUT2D eigenvalue weighted by Crippen LogP contribution is -2.24. The van der Waals surface area contributed by atoms with Crippen molar-refractivity contribution in [3.8, 4) is 0 Å². The molecule has 0 aliphatic heterocycles. The van der Waals surface area contributed by atoms with Gasteiger partial charge in [0.05, 0.1) is 12.2 Å². The van der Waals surface area contributed by atoms with Crippen LogP contribution in [0.25, 0.3) is 0 Å². The number of hydrogen-bond donors (Lipinski definition) is 2. The van der Waals surface area contributed by atoms with E-state index in [0.717, 1.165) is 23.5 Å². The number of benzene rings is 1. The van der Waals surface area contributed by atoms with E-state index < -0.39 is 0 Å². The minimum absolute atomic E-state index is 0.0719. The zero-order chi connectivity index (χ0) is 14.5. The minimum atomic E-state index is -0.0719. The first-order chi connectivity index (χ1) is 9.61. The Bertz CT molecular complexity index is 604. The predicted molar refractivity (Wildman–Crippen MR) is 79.7 cm³/mol. The molecule has 20 heavy (non-hydrogen) atoms. The highest BCUT2D eigenvalue weighted by atomic mass is 16.1. The third kappa shape index (κ3) is 3.17. The van der Waals surface area contributed by atoms with E-state index in [1.54, 1.807) is 10.9 Å². The molecule has 5 heteroatoms. The van der Waals surface area contributed by atoms with Crippen LogP contribution < -0.4 is 10.6 Å². The Balaban J connectivity index is 2.02. The van der Waals surface area contributed by atoms with Gasteiger partial charge in [-0.15, -0.1) is 0 Å². The Morgan fingerprint density at radius 2 is 2.15 bits per heavy atom. The molecule has 0 atom stereocenters. The Morgan fingerprint density at radius 3 is 2.75 bits per heavy atom. The third-order valence-corrected chi connectivity index (χ3v) is 3.21. The van der Waals surface area contributed by atoms with Crippen LogP contribution in [0.15, 0.2) is 30.5 Å². The number of nitrogens with one attached hydrogen (secondary N) is 2. The first-order valence-corrected chi connectivity index (χ1v) is 6.71. The number of amides is 1. The van der Waals surface area contributed by atoms with Gasteiger partial charge in [-0.25, -0.2) is 0 Å². The molecule has 0 spiro atoms. The van der Waals surface area contributed by atoms with Gasteiger partial charge in [-0.2, -0.15) is 5.10 Å². The summed E-state index contributed by atoms with van der Waals surface area (Å²) >= 11 is 0. The number of anilines is 1. The molecule has 1 aromatic heterocycles. The topological polar surface area (TPSA) is 59.0 Å². The van der Waals surface area contributed by atoms with Crippen molar-refractivity contribution in [1.82, 2.24) is 15.1 Å². The molecule has 0 saturated carbocycles. The van der Waals surface area contributed by atoms with E-state index in [-0.39, 0.29) is 5.91 Å². The standard InChI is InChI=1S/C15H20N4O/c1-4-16-14-6-5-12(9-11(14)2)15(20)17-10-13-7-8-18-19(13)3/h5-9,16H,4,10H2,1-3H3,(H,17,20). The molecule has 2 rings (SSSR count). The van der Waals surface area contributed by atoms with Gasteiger partial charge >= 0.3 is 0 Å². The fraction of sp³-hybridized carbons (Fsp3) is 0.333. The molecule has 0 saturated heterocycles. The maximum atomic E-state index is 12.1. The van der Waals surface area contributed by atoms with Crippen LogP contribution in [-0.2, 0) is 13.6 Å². The Morgan fingerprint density at radius 1 is 1.35 bits per heavy atom. The van der Waals surface area contributed by atoms with Gasteiger partial charge in [-0.1, -0.05) is 0 Å². The molecule has 1 aromatic carbocycles. The van der Waals surface area contributed by atoms with E-state index in [1.807, 2.05) is 45.2 Å². The molecule has 5 nitrogen and oxygen atoms in total. The van der Waals surface area contributed by atoms with E-state index in [4.69, 9.17) is 0 Å². The first-order valence-electron chi connectivity index (χ1n) is 6.71. The number of carbonyl (C=O) groups is 1. The van der Waals surface area contributed by atoms with Crippen molar-refractivity contribution in [2.24, 2.45) is 7.05 Å². The van der Waals surface area contributed by atoms with Crippen molar-refractivity contribution in [1.29, 1.82) is 0 Å². The highest BCUT2D eigenvalue weighted by Gasteiger charge is 2.08. The van der Waals surface area contributed by atoms with Gasteiger partial charge in [0.2, 0.25) is 0 Å². The smallest absolute Gasteiger partial charge is 0.251 e. The highest BCUT2D eigenvalue weighted by molar-refractivity contribution is 5.94. The van der Waals surface area contributed by atoms with E-state index >= 15 is 0 Å². The SMILES string of the molecule is CCNc1ccc(C(=O)NCc2ccnn2C)cc1C. The van der Waals surface area contributed by atoms with Crippen LogP contribution in [0.4, 0.5) is 5.69 Å². The molecule has 1 amide bonds. The van der Waals surface area contributed by atoms with E-state index in [1.165, 1.54) is 0 Å². The van der Waals surface area contributed by atoms with Gasteiger partial charge in [0.15, 0.2) is 0 Å². The highest BCUT2D eigenvalue weighted by Crippen LogP contribution is 2.16. The fourth-order valence-corrected chi connectivity index (χ4v) is 2.04. The van der Waals surface area contributed by atoms with Gasteiger partial charge in [0.1, 0.15) is 0 Å². The van der Waals surface area contributed by atoms with E-state index in [2.05, 4.69) is 15.7 Å². The summed E-state index contributed by atoms with van der Waals surface area (Å²) in [7, 11) is 1.86. The van der Waals surface area contributed by atoms with Gasteiger partial charge < -0.3 is 10.6 Å². The summed E-state index contributed by atoms with van der Waals surface area (Å²) in [5, 5.41) is 10.2. The van der Waals surface area contributed by atoms with Gasteiger partial charge in [-0.05, 0) is 43.7 Å². The van der Waals surface area contributed by atoms with Crippen LogP contribution in [0.1, 0.15) is 28.5 Å². The average molecular weight is 272 g/mol. The lowest BCUT2D eigenvalue weighted by atomic mass is 10.1. The van der Waals surface area contributed by atoms with Crippen LogP contribution in [0.3, 0.4) is 0 Å². The first kappa shape index (κ1) is 14.1. The molecule has 1 heterocycles. The number of hydrogen-bond acceptors (Lipinski definition) is 3. The number of rotatable bonds is 5. The molecule has 0 radical (unpaired) electrons. The normalized spacial score (nSPS) is 10.3. The Hall–Kier alpha value is -2.30. The molecule has 0 bridgehead atoms. The summed E-state index contributed by atoms with van der Waals surface area (Å²) < 4.78 is 1.75. The van der Waals surface area contributed by atoms with E-state index in [0.29, 0.717) is 12.1 Å². The van der Waals surface area contributed by atoms with Crippen molar-refractivity contribution >= 4 is 11.6 Å². The van der Waals surface area contributed by atoms with Crippen molar-refractivity contribution in [2.75, 3.05) is 11.9 Å². The van der Waals surface area contributed by atoms with Crippen molar-refractivity contribution in [3.63, 3.8) is 0 Å². The van der Waals surface area contributed by atoms with Crippen molar-refractivity contribution < 1.29 is 4.79 Å². The number of carbonyl (C=O) groups excluding carboxylic acids is 1. The second kappa shape index (κ2) is 6.23. The maximum Gasteiger partial charge on any atom is 0.251 e. The molecule has 0 fully saturated rings. The summed E-state index contributed by atoms with van der Waals surface area (Å²) in [6.45, 7) is 5.39. The van der Waals surface area contributed by atoms with Crippen LogP contribution in [0.5, 0.6) is 0 Å². The number of nitrogens with zero attached hydrogens (tertiary/aromatic N) is 2. The summed E-state index contributed by atoms with van der Waals surface area (Å²) in [6.07, 6.45) is 1.72. The van der Waals surface area contributed by atoms with Gasteiger partial charge in [0.25, 0.3) is 5.91 Å². The van der Waals surface area contributed by atoms with Crippen molar-refractivity contribution in [3.05, 3.63) is 47.3 Å². The number of aromatic nitrogens is 2. The monoisotopic (exact) mass is 272 g/mol. The molecule has 0 aliphatic carbocycles. The molecular weight excluding hydrogens is 252 g/mol. The lowest BCUT2D eigenvalue weighted by molar-refractivity contribution is 0.0950. The molecule has 106 valence electrons. The van der Waals surface area contributed by atoms with Gasteiger partial charge in [0, 0.05) is 31.0 Å². The summed E-state index contributed by atoms with van der Waals surface area (Å²) in [5.41, 5.74) is 3.78. The molecular formula is C15H20N4O. The summed E-state index contributed by atoms with van der Waals surface area (Å²) in [6, 6.07) is 7.57. The van der Waals surface area contributed by atoms with Crippen LogP contribution in [-0.4, -0.2) is 22.2 Å². The van der Waals surface area contributed by atoms with Crippen LogP contribution in [0, 0.1) is 6.92 Å². The fourth-order valence-electron chi connectivity index (χ4n) is 2.04. The number of aryl methyl sites for hydroxylation is 2. The average Bonchev–Trinajstić information content (AvgIpc) is 2.84. The van der Waals surface area contributed by atoms with Crippen LogP contribution in [0.2, 0.25) is 0 Å². The minimum Gasteiger partial charge on any atom is -0.385 e. The summed E-state index contributed by atoms with van der Waals surface area (Å²) in [5.74, 6) is -0.0719. The quantitative estimate of drug-likeness (QED) is 0.876. The molecule has 2 N–H and O–H groups in total. The summed E-state index contributed by atoms with van der Waals surface area (Å²) in [4.78, 5) is 12.1. The van der Waals surface area contributed by atoms with Gasteiger partial charge in [-0.3, -0.25) is 9.48 Å². The predicted octanol–water partition coefficient (Wildman–Crippen LogP) is 2.09. The second-order valence-electron chi connectivity index (χ2n) is 4.69. The zero-order valence-electron chi connectivity index (χ0n) is 12.1. The zero-order valence-corrected chi connectivity index (χ0v) is 12.1. The molecule has 0 aliphatic rings. The third-order valence-electron chi connectivity index (χ3n) is 3.21. The van der Waals surface area contributed by atoms with Crippen LogP contribution >= 0.6 is 0 Å². The molecule has 2 aromatic rings. The lowest BCUT2D eigenvalue weighted by Gasteiger charge is -2.10. The Kier molecular flexibility index (Phi) is 4.40. The largest absolute Gasteiger partial charge is 0.385 e. The van der Waals surface area contributed by atoms with E-state index in [9.17, 15) is 4.79 Å². The second-order valence-corrected chi connectivity index (χ2v) is 4.69. The van der Waals surface area contributed by atoms with Crippen molar-refractivity contribution in [2.45, 2.75) is 20.4 Å². The maximum absolute atomic E-state index is 12.1.